The van der Waals surface area contributed by atoms with Crippen LogP contribution in [0, 0.1) is 5.82 Å². The smallest absolute Gasteiger partial charge is 0.169 e. The lowest BCUT2D eigenvalue weighted by atomic mass is 10.2. The van der Waals surface area contributed by atoms with Gasteiger partial charge in [0, 0.05) is 10.4 Å². The number of hydrogen-bond acceptors (Lipinski definition) is 1. The number of halogens is 2. The van der Waals surface area contributed by atoms with Crippen molar-refractivity contribution >= 4 is 22.6 Å². The Bertz CT molecular complexity index is 394. The Balaban J connectivity index is 2.91. The van der Waals surface area contributed by atoms with E-state index in [0.717, 1.165) is 0 Å². The Morgan fingerprint density at radius 2 is 2.18 bits per heavy atom. The Labute approximate surface area is 67.4 Å². The molecule has 1 aromatic carbocycles. The lowest BCUT2D eigenvalue weighted by Crippen LogP contribution is -1.73. The molecule has 0 bridgehead atoms. The van der Waals surface area contributed by atoms with E-state index >= 15 is 0 Å². The van der Waals surface area contributed by atoms with E-state index in [4.69, 9.17) is 16.0 Å². The standard InChI is InChI=1S/C8H4ClFO/c9-6-3-5-1-2-11-8(5)7(10)4-6/h1-4H. The number of fused-ring (bicyclic) bond motifs is 1. The molecule has 0 aliphatic carbocycles. The van der Waals surface area contributed by atoms with Gasteiger partial charge in [-0.1, -0.05) is 11.6 Å². The topological polar surface area (TPSA) is 13.1 Å². The second-order valence-electron chi connectivity index (χ2n) is 2.23. The van der Waals surface area contributed by atoms with Crippen molar-refractivity contribution in [3.05, 3.63) is 35.3 Å². The minimum Gasteiger partial charge on any atom is -0.461 e. The van der Waals surface area contributed by atoms with Crippen molar-refractivity contribution in [2.24, 2.45) is 0 Å². The van der Waals surface area contributed by atoms with Crippen LogP contribution in [0.2, 0.25) is 5.02 Å². The van der Waals surface area contributed by atoms with Gasteiger partial charge in [-0.15, -0.1) is 0 Å². The fraction of sp³-hybridized carbons (Fsp3) is 0. The molecule has 11 heavy (non-hydrogen) atoms. The van der Waals surface area contributed by atoms with Gasteiger partial charge in [-0.3, -0.25) is 0 Å². The van der Waals surface area contributed by atoms with Gasteiger partial charge >= 0.3 is 0 Å². The van der Waals surface area contributed by atoms with E-state index < -0.39 is 5.82 Å². The van der Waals surface area contributed by atoms with Gasteiger partial charge in [0.15, 0.2) is 11.4 Å². The van der Waals surface area contributed by atoms with E-state index in [2.05, 4.69) is 0 Å². The van der Waals surface area contributed by atoms with Crippen LogP contribution in [0.1, 0.15) is 0 Å². The second-order valence-corrected chi connectivity index (χ2v) is 2.66. The van der Waals surface area contributed by atoms with Gasteiger partial charge in [0.1, 0.15) is 0 Å². The summed E-state index contributed by atoms with van der Waals surface area (Å²) >= 11 is 5.60. The summed E-state index contributed by atoms with van der Waals surface area (Å²) in [6, 6.07) is 4.56. The largest absolute Gasteiger partial charge is 0.461 e. The highest BCUT2D eigenvalue weighted by Gasteiger charge is 2.04. The van der Waals surface area contributed by atoms with Crippen molar-refractivity contribution in [2.75, 3.05) is 0 Å². The summed E-state index contributed by atoms with van der Waals surface area (Å²) in [6.45, 7) is 0. The van der Waals surface area contributed by atoms with Crippen LogP contribution in [0.4, 0.5) is 4.39 Å². The van der Waals surface area contributed by atoms with Crippen molar-refractivity contribution < 1.29 is 8.81 Å². The first-order valence-corrected chi connectivity index (χ1v) is 3.47. The van der Waals surface area contributed by atoms with Crippen LogP contribution in [0.3, 0.4) is 0 Å². The lowest BCUT2D eigenvalue weighted by Gasteiger charge is -1.91. The van der Waals surface area contributed by atoms with Crippen LogP contribution in [0.15, 0.2) is 28.9 Å². The molecule has 0 fully saturated rings. The lowest BCUT2D eigenvalue weighted by molar-refractivity contribution is 0.560. The van der Waals surface area contributed by atoms with Gasteiger partial charge in [0.25, 0.3) is 0 Å². The molecule has 0 unspecified atom stereocenters. The zero-order valence-electron chi connectivity index (χ0n) is 5.47. The molecule has 0 amide bonds. The van der Waals surface area contributed by atoms with Gasteiger partial charge in [-0.05, 0) is 18.2 Å². The summed E-state index contributed by atoms with van der Waals surface area (Å²) in [7, 11) is 0. The first-order valence-electron chi connectivity index (χ1n) is 3.09. The first-order chi connectivity index (χ1) is 5.27. The molecule has 0 N–H and O–H groups in total. The number of benzene rings is 1. The molecule has 56 valence electrons. The molecule has 2 rings (SSSR count). The fourth-order valence-corrected chi connectivity index (χ4v) is 1.22. The zero-order valence-corrected chi connectivity index (χ0v) is 6.23. The molecule has 0 saturated carbocycles. The zero-order chi connectivity index (χ0) is 7.84. The highest BCUT2D eigenvalue weighted by Crippen LogP contribution is 2.23. The predicted molar refractivity (Wildman–Crippen MR) is 41.2 cm³/mol. The molecule has 3 heteroatoms. The molecular formula is C8H4ClFO. The first kappa shape index (κ1) is 6.68. The van der Waals surface area contributed by atoms with Crippen LogP contribution in [-0.2, 0) is 0 Å². The molecule has 0 radical (unpaired) electrons. The van der Waals surface area contributed by atoms with Crippen molar-refractivity contribution in [3.8, 4) is 0 Å². The van der Waals surface area contributed by atoms with E-state index in [-0.39, 0.29) is 5.58 Å². The molecule has 0 atom stereocenters. The molecule has 1 nitrogen and oxygen atoms in total. The maximum absolute atomic E-state index is 12.9. The third-order valence-corrected chi connectivity index (χ3v) is 1.69. The molecule has 1 heterocycles. The number of hydrogen-bond donors (Lipinski definition) is 0. The number of furan rings is 1. The minimum absolute atomic E-state index is 0.259. The van der Waals surface area contributed by atoms with Crippen LogP contribution in [-0.4, -0.2) is 0 Å². The minimum atomic E-state index is -0.419. The van der Waals surface area contributed by atoms with Crippen molar-refractivity contribution in [1.29, 1.82) is 0 Å². The van der Waals surface area contributed by atoms with E-state index in [1.807, 2.05) is 0 Å². The summed E-state index contributed by atoms with van der Waals surface area (Å²) in [6.07, 6.45) is 1.43. The Morgan fingerprint density at radius 1 is 1.36 bits per heavy atom. The maximum atomic E-state index is 12.9. The highest BCUT2D eigenvalue weighted by molar-refractivity contribution is 6.31. The molecule has 0 spiro atoms. The summed E-state index contributed by atoms with van der Waals surface area (Å²) in [5, 5.41) is 1.08. The van der Waals surface area contributed by atoms with Crippen molar-refractivity contribution in [1.82, 2.24) is 0 Å². The number of rotatable bonds is 0. The summed E-state index contributed by atoms with van der Waals surface area (Å²) < 4.78 is 17.8. The van der Waals surface area contributed by atoms with Crippen LogP contribution in [0.5, 0.6) is 0 Å². The Hall–Kier alpha value is -1.02. The summed E-state index contributed by atoms with van der Waals surface area (Å²) in [5.41, 5.74) is 0.259. The SMILES string of the molecule is Fc1cc(Cl)cc2ccoc12. The summed E-state index contributed by atoms with van der Waals surface area (Å²) in [5.74, 6) is -0.419. The average Bonchev–Trinajstić information content (AvgIpc) is 2.34. The molecular weight excluding hydrogens is 167 g/mol. The molecule has 0 aliphatic heterocycles. The maximum Gasteiger partial charge on any atom is 0.169 e. The summed E-state index contributed by atoms with van der Waals surface area (Å²) in [4.78, 5) is 0. The predicted octanol–water partition coefficient (Wildman–Crippen LogP) is 3.23. The van der Waals surface area contributed by atoms with E-state index in [0.29, 0.717) is 10.4 Å². The van der Waals surface area contributed by atoms with Crippen LogP contribution in [0.25, 0.3) is 11.0 Å². The van der Waals surface area contributed by atoms with Crippen molar-refractivity contribution in [2.45, 2.75) is 0 Å². The van der Waals surface area contributed by atoms with Gasteiger partial charge in [-0.2, -0.15) is 0 Å². The van der Waals surface area contributed by atoms with E-state index in [1.54, 1.807) is 12.1 Å². The Morgan fingerprint density at radius 3 is 3.00 bits per heavy atom. The van der Waals surface area contributed by atoms with Crippen molar-refractivity contribution in [3.63, 3.8) is 0 Å². The van der Waals surface area contributed by atoms with E-state index in [9.17, 15) is 4.39 Å². The quantitative estimate of drug-likeness (QED) is 0.592. The van der Waals surface area contributed by atoms with Crippen LogP contribution >= 0.6 is 11.6 Å². The Kier molecular flexibility index (Phi) is 1.36. The normalized spacial score (nSPS) is 10.7. The fourth-order valence-electron chi connectivity index (χ4n) is 1.00. The van der Waals surface area contributed by atoms with Gasteiger partial charge in [0.05, 0.1) is 6.26 Å². The van der Waals surface area contributed by atoms with Gasteiger partial charge < -0.3 is 4.42 Å². The highest BCUT2D eigenvalue weighted by atomic mass is 35.5. The van der Waals surface area contributed by atoms with Gasteiger partial charge in [0.2, 0.25) is 0 Å². The molecule has 2 aromatic rings. The van der Waals surface area contributed by atoms with Gasteiger partial charge in [-0.25, -0.2) is 4.39 Å². The third kappa shape index (κ3) is 0.994. The monoisotopic (exact) mass is 170 g/mol. The molecule has 1 aromatic heterocycles. The van der Waals surface area contributed by atoms with E-state index in [1.165, 1.54) is 12.3 Å². The average molecular weight is 171 g/mol. The third-order valence-electron chi connectivity index (χ3n) is 1.47. The second kappa shape index (κ2) is 2.24. The molecule has 0 saturated heterocycles. The molecule has 0 aliphatic rings. The van der Waals surface area contributed by atoms with Crippen LogP contribution < -0.4 is 0 Å².